The number of aryl methyl sites for hydroxylation is 1. The van der Waals surface area contributed by atoms with Crippen LogP contribution in [-0.4, -0.2) is 36.1 Å². The van der Waals surface area contributed by atoms with Crippen molar-refractivity contribution in [3.8, 4) is 0 Å². The molecule has 5 heteroatoms. The van der Waals surface area contributed by atoms with E-state index < -0.39 is 5.91 Å². The summed E-state index contributed by atoms with van der Waals surface area (Å²) < 4.78 is 0. The smallest absolute Gasteiger partial charge is 0.252 e. The Hall–Kier alpha value is -1.62. The number of primary amides is 1. The number of rotatable bonds is 2. The van der Waals surface area contributed by atoms with Crippen LogP contribution in [0.5, 0.6) is 0 Å². The van der Waals surface area contributed by atoms with E-state index in [1.165, 1.54) is 0 Å². The molecular formula is C13H20N4O. The zero-order valence-corrected chi connectivity index (χ0v) is 11.2. The number of hydrogen-bond donors (Lipinski definition) is 2. The van der Waals surface area contributed by atoms with Crippen molar-refractivity contribution in [3.63, 3.8) is 0 Å². The third kappa shape index (κ3) is 2.18. The molecule has 1 amide bonds. The Balaban J connectivity index is 2.50. The fraction of sp³-hybridized carbons (Fsp3) is 0.538. The molecule has 18 heavy (non-hydrogen) atoms. The fourth-order valence-electron chi connectivity index (χ4n) is 2.43. The minimum absolute atomic E-state index is 0.0801. The van der Waals surface area contributed by atoms with Gasteiger partial charge in [0.25, 0.3) is 5.91 Å². The van der Waals surface area contributed by atoms with Crippen LogP contribution >= 0.6 is 0 Å². The zero-order chi connectivity index (χ0) is 13.3. The highest BCUT2D eigenvalue weighted by atomic mass is 16.1. The first-order valence-corrected chi connectivity index (χ1v) is 6.17. The zero-order valence-electron chi connectivity index (χ0n) is 11.2. The molecule has 0 aromatic carbocycles. The van der Waals surface area contributed by atoms with Crippen molar-refractivity contribution < 1.29 is 4.79 Å². The van der Waals surface area contributed by atoms with Gasteiger partial charge in [0, 0.05) is 31.4 Å². The molecule has 0 saturated carbocycles. The summed E-state index contributed by atoms with van der Waals surface area (Å²) in [6.07, 6.45) is 1.73. The van der Waals surface area contributed by atoms with E-state index in [9.17, 15) is 4.79 Å². The molecule has 1 aromatic heterocycles. The van der Waals surface area contributed by atoms with E-state index in [0.29, 0.717) is 11.4 Å². The van der Waals surface area contributed by atoms with Crippen LogP contribution in [-0.2, 0) is 0 Å². The number of hydrogen-bond acceptors (Lipinski definition) is 4. The van der Waals surface area contributed by atoms with E-state index >= 15 is 0 Å². The lowest BCUT2D eigenvalue weighted by Gasteiger charge is -2.44. The topological polar surface area (TPSA) is 71.2 Å². The summed E-state index contributed by atoms with van der Waals surface area (Å²) in [4.78, 5) is 18.2. The fourth-order valence-corrected chi connectivity index (χ4v) is 2.43. The van der Waals surface area contributed by atoms with E-state index in [1.807, 2.05) is 13.0 Å². The van der Waals surface area contributed by atoms with Crippen LogP contribution in [0.3, 0.4) is 0 Å². The van der Waals surface area contributed by atoms with E-state index in [1.54, 1.807) is 6.20 Å². The second kappa shape index (κ2) is 4.57. The van der Waals surface area contributed by atoms with Gasteiger partial charge in [-0.2, -0.15) is 0 Å². The quantitative estimate of drug-likeness (QED) is 0.807. The maximum absolute atomic E-state index is 11.6. The second-order valence-corrected chi connectivity index (χ2v) is 5.33. The second-order valence-electron chi connectivity index (χ2n) is 5.33. The van der Waals surface area contributed by atoms with Gasteiger partial charge in [0.1, 0.15) is 5.82 Å². The lowest BCUT2D eigenvalue weighted by atomic mass is 9.98. The third-order valence-corrected chi connectivity index (χ3v) is 3.44. The van der Waals surface area contributed by atoms with Gasteiger partial charge in [-0.25, -0.2) is 4.98 Å². The first-order chi connectivity index (χ1) is 8.43. The number of amides is 1. The SMILES string of the molecule is Cc1ccnc(N2CCNCC2(C)C)c1C(N)=O. The first kappa shape index (κ1) is 12.8. The van der Waals surface area contributed by atoms with E-state index in [4.69, 9.17) is 5.73 Å². The summed E-state index contributed by atoms with van der Waals surface area (Å²) in [5, 5.41) is 3.35. The molecule has 3 N–H and O–H groups in total. The minimum atomic E-state index is -0.412. The molecule has 1 aliphatic rings. The highest BCUT2D eigenvalue weighted by Gasteiger charge is 2.33. The highest BCUT2D eigenvalue weighted by molar-refractivity contribution is 5.99. The number of carbonyl (C=O) groups is 1. The van der Waals surface area contributed by atoms with Gasteiger partial charge in [-0.1, -0.05) is 0 Å². The van der Waals surface area contributed by atoms with Crippen LogP contribution in [0.2, 0.25) is 0 Å². The Morgan fingerprint density at radius 3 is 2.89 bits per heavy atom. The summed E-state index contributed by atoms with van der Waals surface area (Å²) in [5.41, 5.74) is 6.82. The lowest BCUT2D eigenvalue weighted by Crippen LogP contribution is -2.58. The van der Waals surface area contributed by atoms with Crippen LogP contribution < -0.4 is 16.0 Å². The van der Waals surface area contributed by atoms with Crippen molar-refractivity contribution in [2.24, 2.45) is 5.73 Å². The molecular weight excluding hydrogens is 228 g/mol. The van der Waals surface area contributed by atoms with Gasteiger partial charge in [0.2, 0.25) is 0 Å². The molecule has 2 rings (SSSR count). The standard InChI is InChI=1S/C13H20N4O/c1-9-4-5-16-12(10(9)11(14)18)17-7-6-15-8-13(17,2)3/h4-5,15H,6-8H2,1-3H3,(H2,14,18). The Labute approximate surface area is 107 Å². The van der Waals surface area contributed by atoms with Gasteiger partial charge in [-0.05, 0) is 32.4 Å². The number of nitrogens with two attached hydrogens (primary N) is 1. The van der Waals surface area contributed by atoms with Crippen LogP contribution in [0.15, 0.2) is 12.3 Å². The molecule has 0 bridgehead atoms. The van der Waals surface area contributed by atoms with Gasteiger partial charge < -0.3 is 16.0 Å². The predicted molar refractivity (Wildman–Crippen MR) is 71.8 cm³/mol. The molecule has 0 atom stereocenters. The van der Waals surface area contributed by atoms with Crippen LogP contribution in [0, 0.1) is 6.92 Å². The number of carbonyl (C=O) groups excluding carboxylic acids is 1. The molecule has 98 valence electrons. The van der Waals surface area contributed by atoms with Gasteiger partial charge in [0.15, 0.2) is 0 Å². The van der Waals surface area contributed by atoms with Crippen molar-refractivity contribution in [3.05, 3.63) is 23.4 Å². The number of pyridine rings is 1. The first-order valence-electron chi connectivity index (χ1n) is 6.17. The highest BCUT2D eigenvalue weighted by Crippen LogP contribution is 2.28. The number of aromatic nitrogens is 1. The summed E-state index contributed by atoms with van der Waals surface area (Å²) in [6.45, 7) is 8.73. The molecule has 1 aromatic rings. The van der Waals surface area contributed by atoms with Crippen LogP contribution in [0.25, 0.3) is 0 Å². The number of piperazine rings is 1. The van der Waals surface area contributed by atoms with Gasteiger partial charge in [-0.3, -0.25) is 4.79 Å². The van der Waals surface area contributed by atoms with Gasteiger partial charge >= 0.3 is 0 Å². The van der Waals surface area contributed by atoms with E-state index in [0.717, 1.165) is 25.2 Å². The molecule has 0 spiro atoms. The van der Waals surface area contributed by atoms with Crippen molar-refractivity contribution in [2.45, 2.75) is 26.3 Å². The Morgan fingerprint density at radius 2 is 2.28 bits per heavy atom. The van der Waals surface area contributed by atoms with Gasteiger partial charge in [0.05, 0.1) is 5.56 Å². The molecule has 0 radical (unpaired) electrons. The molecule has 5 nitrogen and oxygen atoms in total. The number of nitrogens with one attached hydrogen (secondary N) is 1. The van der Waals surface area contributed by atoms with Gasteiger partial charge in [-0.15, -0.1) is 0 Å². The molecule has 1 saturated heterocycles. The van der Waals surface area contributed by atoms with Crippen molar-refractivity contribution in [2.75, 3.05) is 24.5 Å². The van der Waals surface area contributed by atoms with Crippen LogP contribution in [0.1, 0.15) is 29.8 Å². The average molecular weight is 248 g/mol. The summed E-state index contributed by atoms with van der Waals surface area (Å²) in [7, 11) is 0. The Kier molecular flexibility index (Phi) is 3.26. The maximum Gasteiger partial charge on any atom is 0.252 e. The van der Waals surface area contributed by atoms with Crippen molar-refractivity contribution >= 4 is 11.7 Å². The maximum atomic E-state index is 11.6. The van der Waals surface area contributed by atoms with Crippen molar-refractivity contribution in [1.29, 1.82) is 0 Å². The Morgan fingerprint density at radius 1 is 1.56 bits per heavy atom. The molecule has 1 fully saturated rings. The van der Waals surface area contributed by atoms with Crippen LogP contribution in [0.4, 0.5) is 5.82 Å². The largest absolute Gasteiger partial charge is 0.365 e. The molecule has 0 aliphatic carbocycles. The average Bonchev–Trinajstić information content (AvgIpc) is 2.27. The normalized spacial score (nSPS) is 18.7. The molecule has 1 aliphatic heterocycles. The number of anilines is 1. The van der Waals surface area contributed by atoms with Crippen molar-refractivity contribution in [1.82, 2.24) is 10.3 Å². The van der Waals surface area contributed by atoms with E-state index in [-0.39, 0.29) is 5.54 Å². The number of nitrogens with zero attached hydrogens (tertiary/aromatic N) is 2. The molecule has 2 heterocycles. The predicted octanol–water partition coefficient (Wildman–Crippen LogP) is 0.677. The third-order valence-electron chi connectivity index (χ3n) is 3.44. The summed E-state index contributed by atoms with van der Waals surface area (Å²) in [5.74, 6) is 0.291. The van der Waals surface area contributed by atoms with E-state index in [2.05, 4.69) is 29.0 Å². The molecule has 0 unspecified atom stereocenters. The lowest BCUT2D eigenvalue weighted by molar-refractivity contribution is 0.0999. The summed E-state index contributed by atoms with van der Waals surface area (Å²) in [6, 6.07) is 1.82. The summed E-state index contributed by atoms with van der Waals surface area (Å²) >= 11 is 0. The Bertz CT molecular complexity index is 470. The monoisotopic (exact) mass is 248 g/mol. The minimum Gasteiger partial charge on any atom is -0.365 e.